The zero-order valence-corrected chi connectivity index (χ0v) is 16.3. The fraction of sp³-hybridized carbons (Fsp3) is 0.450. The van der Waals surface area contributed by atoms with E-state index in [4.69, 9.17) is 16.7 Å². The lowest BCUT2D eigenvalue weighted by Gasteiger charge is -2.35. The summed E-state index contributed by atoms with van der Waals surface area (Å²) in [5.74, 6) is -0.908. The molecule has 1 aliphatic rings. The van der Waals surface area contributed by atoms with Crippen molar-refractivity contribution in [2.75, 3.05) is 13.1 Å². The van der Waals surface area contributed by atoms with E-state index in [1.165, 1.54) is 6.20 Å². The second kappa shape index (κ2) is 8.13. The van der Waals surface area contributed by atoms with E-state index in [2.05, 4.69) is 5.10 Å². The lowest BCUT2D eigenvalue weighted by molar-refractivity contribution is -0.135. The van der Waals surface area contributed by atoms with Gasteiger partial charge in [0, 0.05) is 24.3 Å². The van der Waals surface area contributed by atoms with Gasteiger partial charge in [-0.2, -0.15) is 5.10 Å². The van der Waals surface area contributed by atoms with Gasteiger partial charge in [-0.1, -0.05) is 37.6 Å². The van der Waals surface area contributed by atoms with Gasteiger partial charge in [0.05, 0.1) is 23.7 Å². The number of carboxylic acid groups (broad SMARTS) is 1. The zero-order chi connectivity index (χ0) is 19.6. The largest absolute Gasteiger partial charge is 0.478 e. The van der Waals surface area contributed by atoms with Crippen molar-refractivity contribution in [2.24, 2.45) is 5.92 Å². The van der Waals surface area contributed by atoms with Crippen LogP contribution in [-0.4, -0.2) is 44.8 Å². The van der Waals surface area contributed by atoms with E-state index in [0.717, 1.165) is 18.4 Å². The van der Waals surface area contributed by atoms with Gasteiger partial charge in [0.2, 0.25) is 5.91 Å². The van der Waals surface area contributed by atoms with Gasteiger partial charge in [-0.05, 0) is 36.5 Å². The number of hydrogen-bond donors (Lipinski definition) is 1. The molecule has 3 rings (SSSR count). The highest BCUT2D eigenvalue weighted by molar-refractivity contribution is 6.30. The number of likely N-dealkylation sites (tertiary alicyclic amines) is 1. The monoisotopic (exact) mass is 389 g/mol. The molecule has 1 aromatic heterocycles. The molecular formula is C20H24ClN3O3. The average molecular weight is 390 g/mol. The zero-order valence-electron chi connectivity index (χ0n) is 15.5. The third-order valence-electron chi connectivity index (χ3n) is 5.14. The van der Waals surface area contributed by atoms with E-state index in [0.29, 0.717) is 18.1 Å². The number of halogens is 1. The van der Waals surface area contributed by atoms with Gasteiger partial charge in [-0.25, -0.2) is 4.79 Å². The van der Waals surface area contributed by atoms with Gasteiger partial charge in [0.15, 0.2) is 0 Å². The number of piperidine rings is 1. The summed E-state index contributed by atoms with van der Waals surface area (Å²) in [5.41, 5.74) is 1.14. The Morgan fingerprint density at radius 3 is 2.52 bits per heavy atom. The van der Waals surface area contributed by atoms with E-state index in [1.807, 2.05) is 43.0 Å². The van der Waals surface area contributed by atoms with Crippen LogP contribution in [0.15, 0.2) is 36.7 Å². The molecule has 1 aliphatic heterocycles. The molecule has 1 aromatic carbocycles. The van der Waals surface area contributed by atoms with Crippen LogP contribution in [0.2, 0.25) is 5.02 Å². The second-order valence-corrected chi connectivity index (χ2v) is 7.78. The first-order valence-electron chi connectivity index (χ1n) is 9.18. The summed E-state index contributed by atoms with van der Waals surface area (Å²) in [5, 5.41) is 13.8. The molecule has 1 amide bonds. The average Bonchev–Trinajstić information content (AvgIpc) is 3.12. The van der Waals surface area contributed by atoms with Crippen LogP contribution >= 0.6 is 11.6 Å². The van der Waals surface area contributed by atoms with Crippen LogP contribution in [0.4, 0.5) is 0 Å². The molecule has 1 saturated heterocycles. The van der Waals surface area contributed by atoms with Crippen molar-refractivity contribution < 1.29 is 14.7 Å². The van der Waals surface area contributed by atoms with E-state index in [1.54, 1.807) is 10.9 Å². The van der Waals surface area contributed by atoms with Crippen LogP contribution in [0.25, 0.3) is 0 Å². The summed E-state index contributed by atoms with van der Waals surface area (Å²) in [6.45, 7) is 5.37. The molecule has 2 aromatic rings. The Bertz CT molecular complexity index is 825. The van der Waals surface area contributed by atoms with Crippen molar-refractivity contribution in [1.82, 2.24) is 14.7 Å². The van der Waals surface area contributed by atoms with Crippen molar-refractivity contribution in [3.63, 3.8) is 0 Å². The Balaban J connectivity index is 1.68. The van der Waals surface area contributed by atoms with Crippen LogP contribution in [-0.2, 0) is 4.79 Å². The minimum absolute atomic E-state index is 0.116. The van der Waals surface area contributed by atoms with Crippen LogP contribution in [0.5, 0.6) is 0 Å². The summed E-state index contributed by atoms with van der Waals surface area (Å²) in [4.78, 5) is 26.1. The fourth-order valence-electron chi connectivity index (χ4n) is 3.71. The first kappa shape index (κ1) is 19.4. The maximum Gasteiger partial charge on any atom is 0.338 e. The van der Waals surface area contributed by atoms with Gasteiger partial charge < -0.3 is 10.0 Å². The van der Waals surface area contributed by atoms with Crippen molar-refractivity contribution in [2.45, 2.75) is 38.6 Å². The minimum atomic E-state index is -0.977. The topological polar surface area (TPSA) is 75.4 Å². The molecular weight excluding hydrogens is 366 g/mol. The molecule has 1 atom stereocenters. The van der Waals surface area contributed by atoms with Gasteiger partial charge in [-0.15, -0.1) is 0 Å². The maximum atomic E-state index is 13.2. The number of carboxylic acids is 1. The summed E-state index contributed by atoms with van der Waals surface area (Å²) in [7, 11) is 0. The maximum absolute atomic E-state index is 13.2. The molecule has 1 N–H and O–H groups in total. The fourth-order valence-corrected chi connectivity index (χ4v) is 3.91. The molecule has 0 aliphatic carbocycles. The number of nitrogens with zero attached hydrogens (tertiary/aromatic N) is 3. The summed E-state index contributed by atoms with van der Waals surface area (Å²) in [6.07, 6.45) is 4.45. The Labute approximate surface area is 163 Å². The number of hydrogen-bond acceptors (Lipinski definition) is 3. The molecule has 0 saturated carbocycles. The lowest BCUT2D eigenvalue weighted by Crippen LogP contribution is -2.42. The van der Waals surface area contributed by atoms with Crippen LogP contribution in [0.1, 0.15) is 54.6 Å². The third-order valence-corrected chi connectivity index (χ3v) is 5.37. The molecule has 0 bridgehead atoms. The van der Waals surface area contributed by atoms with Gasteiger partial charge in [0.25, 0.3) is 0 Å². The summed E-state index contributed by atoms with van der Waals surface area (Å²) in [6, 6.07) is 7.63. The molecule has 27 heavy (non-hydrogen) atoms. The number of amides is 1. The Morgan fingerprint density at radius 2 is 1.96 bits per heavy atom. The molecule has 0 spiro atoms. The normalized spacial score (nSPS) is 16.5. The lowest BCUT2D eigenvalue weighted by atomic mass is 9.86. The highest BCUT2D eigenvalue weighted by Gasteiger charge is 2.32. The molecule has 1 unspecified atom stereocenters. The first-order chi connectivity index (χ1) is 12.9. The van der Waals surface area contributed by atoms with Crippen molar-refractivity contribution >= 4 is 23.5 Å². The second-order valence-electron chi connectivity index (χ2n) is 7.35. The molecule has 6 nitrogen and oxygen atoms in total. The van der Waals surface area contributed by atoms with E-state index < -0.39 is 5.97 Å². The first-order valence-corrected chi connectivity index (χ1v) is 9.56. The Hall–Kier alpha value is -2.34. The number of benzene rings is 1. The molecule has 2 heterocycles. The number of aromatic nitrogens is 2. The summed E-state index contributed by atoms with van der Waals surface area (Å²) >= 11 is 6.12. The number of aromatic carboxylic acids is 1. The van der Waals surface area contributed by atoms with Crippen molar-refractivity contribution in [1.29, 1.82) is 0 Å². The van der Waals surface area contributed by atoms with Gasteiger partial charge in [-0.3, -0.25) is 9.48 Å². The van der Waals surface area contributed by atoms with E-state index in [-0.39, 0.29) is 29.3 Å². The predicted molar refractivity (Wildman–Crippen MR) is 103 cm³/mol. The smallest absolute Gasteiger partial charge is 0.338 e. The highest BCUT2D eigenvalue weighted by Crippen LogP contribution is 2.31. The third kappa shape index (κ3) is 4.33. The van der Waals surface area contributed by atoms with Crippen LogP contribution in [0.3, 0.4) is 0 Å². The van der Waals surface area contributed by atoms with E-state index >= 15 is 0 Å². The molecule has 1 fully saturated rings. The van der Waals surface area contributed by atoms with Crippen LogP contribution < -0.4 is 0 Å². The number of carbonyl (C=O) groups excluding carboxylic acids is 1. The van der Waals surface area contributed by atoms with Crippen molar-refractivity contribution in [3.05, 3.63) is 52.8 Å². The van der Waals surface area contributed by atoms with E-state index in [9.17, 15) is 9.59 Å². The van der Waals surface area contributed by atoms with Crippen LogP contribution in [0, 0.1) is 5.92 Å². The van der Waals surface area contributed by atoms with Gasteiger partial charge in [0.1, 0.15) is 0 Å². The van der Waals surface area contributed by atoms with Gasteiger partial charge >= 0.3 is 5.97 Å². The molecule has 144 valence electrons. The number of rotatable bonds is 5. The standard InChI is InChI=1S/C20H24ClN3O3/c1-13(2)18(14-4-3-5-16(21)10-14)19(25)23-8-6-17(7-9-23)24-12-15(11-22-24)20(26)27/h3-5,10-13,17-18H,6-9H2,1-2H3,(H,26,27). The Kier molecular flexibility index (Phi) is 5.85. The molecule has 0 radical (unpaired) electrons. The quantitative estimate of drug-likeness (QED) is 0.842. The summed E-state index contributed by atoms with van der Waals surface area (Å²) < 4.78 is 1.71. The molecule has 7 heteroatoms. The van der Waals surface area contributed by atoms with Crippen molar-refractivity contribution in [3.8, 4) is 0 Å². The Morgan fingerprint density at radius 1 is 1.26 bits per heavy atom. The minimum Gasteiger partial charge on any atom is -0.478 e. The predicted octanol–water partition coefficient (Wildman–Crippen LogP) is 3.84. The number of carbonyl (C=O) groups is 2. The highest BCUT2D eigenvalue weighted by atomic mass is 35.5. The SMILES string of the molecule is CC(C)C(C(=O)N1CCC(n2cc(C(=O)O)cn2)CC1)c1cccc(Cl)c1.